The molecule has 2 N–H and O–H groups in total. The van der Waals surface area contributed by atoms with Crippen molar-refractivity contribution in [3.8, 4) is 0 Å². The lowest BCUT2D eigenvalue weighted by Gasteiger charge is -2.25. The Balaban J connectivity index is 2.23. The number of hydrogen-bond acceptors (Lipinski definition) is 2. The van der Waals surface area contributed by atoms with Gasteiger partial charge < -0.3 is 10.4 Å². The van der Waals surface area contributed by atoms with Crippen LogP contribution in [0.15, 0.2) is 0 Å². The lowest BCUT2D eigenvalue weighted by Crippen LogP contribution is -2.40. The summed E-state index contributed by atoms with van der Waals surface area (Å²) < 4.78 is 35.4. The minimum Gasteiger partial charge on any atom is -0.393 e. The SMILES string of the molecule is O=C(NCC1CCC(O)CC1)C(F)(F)F. The molecular weight excluding hydrogens is 211 g/mol. The van der Waals surface area contributed by atoms with Gasteiger partial charge >= 0.3 is 12.1 Å². The number of amides is 1. The van der Waals surface area contributed by atoms with Crippen LogP contribution in [0.4, 0.5) is 13.2 Å². The molecule has 1 aliphatic rings. The Labute approximate surface area is 85.7 Å². The summed E-state index contributed by atoms with van der Waals surface area (Å²) >= 11 is 0. The quantitative estimate of drug-likeness (QED) is 0.742. The molecule has 0 radical (unpaired) electrons. The van der Waals surface area contributed by atoms with E-state index in [-0.39, 0.29) is 18.6 Å². The van der Waals surface area contributed by atoms with Crippen LogP contribution in [0.5, 0.6) is 0 Å². The summed E-state index contributed by atoms with van der Waals surface area (Å²) in [6.07, 6.45) is -2.59. The van der Waals surface area contributed by atoms with E-state index in [1.54, 1.807) is 0 Å². The Morgan fingerprint density at radius 1 is 1.27 bits per heavy atom. The van der Waals surface area contributed by atoms with Crippen LogP contribution in [0.3, 0.4) is 0 Å². The van der Waals surface area contributed by atoms with Crippen molar-refractivity contribution in [3.63, 3.8) is 0 Å². The summed E-state index contributed by atoms with van der Waals surface area (Å²) in [5.74, 6) is -1.83. The maximum Gasteiger partial charge on any atom is 0.471 e. The molecule has 0 atom stereocenters. The highest BCUT2D eigenvalue weighted by Gasteiger charge is 2.38. The Morgan fingerprint density at radius 2 is 1.80 bits per heavy atom. The van der Waals surface area contributed by atoms with Gasteiger partial charge in [-0.1, -0.05) is 0 Å². The zero-order chi connectivity index (χ0) is 11.5. The van der Waals surface area contributed by atoms with Gasteiger partial charge in [0.1, 0.15) is 0 Å². The van der Waals surface area contributed by atoms with Crippen molar-refractivity contribution in [2.45, 2.75) is 38.0 Å². The standard InChI is InChI=1S/C9H14F3NO2/c10-9(11,12)8(15)13-5-6-1-3-7(14)4-2-6/h6-7,14H,1-5H2,(H,13,15). The van der Waals surface area contributed by atoms with Gasteiger partial charge in [0.25, 0.3) is 0 Å². The number of carbonyl (C=O) groups is 1. The smallest absolute Gasteiger partial charge is 0.393 e. The van der Waals surface area contributed by atoms with Gasteiger partial charge in [-0.3, -0.25) is 4.79 Å². The zero-order valence-electron chi connectivity index (χ0n) is 8.18. The third-order valence-electron chi connectivity index (χ3n) is 2.63. The number of aliphatic hydroxyl groups excluding tert-OH is 1. The molecule has 0 spiro atoms. The van der Waals surface area contributed by atoms with Crippen molar-refractivity contribution in [1.82, 2.24) is 5.32 Å². The van der Waals surface area contributed by atoms with Crippen LogP contribution in [0.25, 0.3) is 0 Å². The molecule has 15 heavy (non-hydrogen) atoms. The molecule has 0 aliphatic heterocycles. The Bertz CT molecular complexity index is 222. The Morgan fingerprint density at radius 3 is 2.27 bits per heavy atom. The monoisotopic (exact) mass is 225 g/mol. The maximum absolute atomic E-state index is 11.8. The van der Waals surface area contributed by atoms with Gasteiger partial charge in [-0.25, -0.2) is 0 Å². The van der Waals surface area contributed by atoms with Crippen LogP contribution in [0, 0.1) is 5.92 Å². The molecule has 1 amide bonds. The van der Waals surface area contributed by atoms with Crippen LogP contribution < -0.4 is 5.32 Å². The number of rotatable bonds is 2. The highest BCUT2D eigenvalue weighted by atomic mass is 19.4. The van der Waals surface area contributed by atoms with Gasteiger partial charge in [0.05, 0.1) is 6.10 Å². The first-order valence-electron chi connectivity index (χ1n) is 4.92. The summed E-state index contributed by atoms with van der Waals surface area (Å²) in [4.78, 5) is 10.5. The van der Waals surface area contributed by atoms with Crippen molar-refractivity contribution in [2.24, 2.45) is 5.92 Å². The van der Waals surface area contributed by atoms with E-state index in [9.17, 15) is 18.0 Å². The highest BCUT2D eigenvalue weighted by molar-refractivity contribution is 5.81. The molecule has 1 saturated carbocycles. The first kappa shape index (κ1) is 12.3. The molecule has 0 aromatic carbocycles. The predicted molar refractivity (Wildman–Crippen MR) is 47.0 cm³/mol. The summed E-state index contributed by atoms with van der Waals surface area (Å²) in [5.41, 5.74) is 0. The fraction of sp³-hybridized carbons (Fsp3) is 0.889. The van der Waals surface area contributed by atoms with E-state index in [1.807, 2.05) is 5.32 Å². The molecule has 0 aromatic heterocycles. The normalized spacial score (nSPS) is 27.5. The first-order chi connectivity index (χ1) is 6.89. The van der Waals surface area contributed by atoms with E-state index in [0.29, 0.717) is 25.7 Å². The van der Waals surface area contributed by atoms with Gasteiger partial charge in [-0.15, -0.1) is 0 Å². The van der Waals surface area contributed by atoms with Crippen LogP contribution in [-0.4, -0.2) is 29.8 Å². The second kappa shape index (κ2) is 4.83. The minimum atomic E-state index is -4.80. The van der Waals surface area contributed by atoms with Crippen LogP contribution in [0.1, 0.15) is 25.7 Å². The maximum atomic E-state index is 11.8. The number of carbonyl (C=O) groups excluding carboxylic acids is 1. The molecule has 0 bridgehead atoms. The summed E-state index contributed by atoms with van der Waals surface area (Å²) in [5, 5.41) is 11.0. The van der Waals surface area contributed by atoms with Gasteiger partial charge in [-0.05, 0) is 31.6 Å². The Hall–Kier alpha value is -0.780. The molecule has 0 saturated heterocycles. The third kappa shape index (κ3) is 4.07. The molecule has 1 fully saturated rings. The van der Waals surface area contributed by atoms with Crippen molar-refractivity contribution in [2.75, 3.05) is 6.54 Å². The fourth-order valence-corrected chi connectivity index (χ4v) is 1.69. The number of aliphatic hydroxyl groups is 1. The van der Waals surface area contributed by atoms with Crippen molar-refractivity contribution in [1.29, 1.82) is 0 Å². The van der Waals surface area contributed by atoms with E-state index in [2.05, 4.69) is 0 Å². The topological polar surface area (TPSA) is 49.3 Å². The fourth-order valence-electron chi connectivity index (χ4n) is 1.69. The highest BCUT2D eigenvalue weighted by Crippen LogP contribution is 2.23. The molecule has 1 rings (SSSR count). The van der Waals surface area contributed by atoms with Gasteiger partial charge in [0.15, 0.2) is 0 Å². The first-order valence-corrected chi connectivity index (χ1v) is 4.92. The number of halogens is 3. The second-order valence-electron chi connectivity index (χ2n) is 3.88. The summed E-state index contributed by atoms with van der Waals surface area (Å²) in [7, 11) is 0. The van der Waals surface area contributed by atoms with Gasteiger partial charge in [0, 0.05) is 6.54 Å². The van der Waals surface area contributed by atoms with Crippen molar-refractivity contribution in [3.05, 3.63) is 0 Å². The van der Waals surface area contributed by atoms with E-state index >= 15 is 0 Å². The largest absolute Gasteiger partial charge is 0.471 e. The molecule has 0 aromatic rings. The molecular formula is C9H14F3NO2. The predicted octanol–water partition coefficient (Wildman–Crippen LogP) is 1.22. The molecule has 1 aliphatic carbocycles. The molecule has 0 heterocycles. The van der Waals surface area contributed by atoms with E-state index in [1.165, 1.54) is 0 Å². The van der Waals surface area contributed by atoms with Crippen LogP contribution >= 0.6 is 0 Å². The molecule has 3 nitrogen and oxygen atoms in total. The lowest BCUT2D eigenvalue weighted by atomic mass is 9.87. The molecule has 6 heteroatoms. The van der Waals surface area contributed by atoms with Crippen molar-refractivity contribution < 1.29 is 23.1 Å². The average Bonchev–Trinajstić information content (AvgIpc) is 2.15. The Kier molecular flexibility index (Phi) is 3.96. The van der Waals surface area contributed by atoms with Crippen molar-refractivity contribution >= 4 is 5.91 Å². The number of alkyl halides is 3. The zero-order valence-corrected chi connectivity index (χ0v) is 8.18. The van der Waals surface area contributed by atoms with E-state index in [0.717, 1.165) is 0 Å². The average molecular weight is 225 g/mol. The summed E-state index contributed by atoms with van der Waals surface area (Å²) in [6.45, 7) is 0.0467. The number of nitrogens with one attached hydrogen (secondary N) is 1. The minimum absolute atomic E-state index is 0.0467. The van der Waals surface area contributed by atoms with Gasteiger partial charge in [-0.2, -0.15) is 13.2 Å². The van der Waals surface area contributed by atoms with Gasteiger partial charge in [0.2, 0.25) is 0 Å². The van der Waals surface area contributed by atoms with Crippen LogP contribution in [-0.2, 0) is 4.79 Å². The third-order valence-corrected chi connectivity index (χ3v) is 2.63. The summed E-state index contributed by atoms with van der Waals surface area (Å²) in [6, 6.07) is 0. The van der Waals surface area contributed by atoms with E-state index in [4.69, 9.17) is 5.11 Å². The number of hydrogen-bond donors (Lipinski definition) is 2. The molecule has 0 unspecified atom stereocenters. The second-order valence-corrected chi connectivity index (χ2v) is 3.88. The molecule has 88 valence electrons. The van der Waals surface area contributed by atoms with E-state index < -0.39 is 12.1 Å². The van der Waals surface area contributed by atoms with Crippen LogP contribution in [0.2, 0.25) is 0 Å². The lowest BCUT2D eigenvalue weighted by molar-refractivity contribution is -0.173.